The smallest absolute Gasteiger partial charge is 0.337 e. The number of carbonyl (C=O) groups is 1. The fourth-order valence-electron chi connectivity index (χ4n) is 3.40. The molecule has 4 nitrogen and oxygen atoms in total. The third-order valence-corrected chi connectivity index (χ3v) is 4.79. The van der Waals surface area contributed by atoms with Gasteiger partial charge in [-0.15, -0.1) is 0 Å². The van der Waals surface area contributed by atoms with E-state index in [2.05, 4.69) is 23.5 Å². The normalized spacial score (nSPS) is 17.2. The molecule has 1 aliphatic rings. The molecular formula is C21H22N2O2S. The van der Waals surface area contributed by atoms with Crippen molar-refractivity contribution in [1.29, 1.82) is 0 Å². The van der Waals surface area contributed by atoms with Gasteiger partial charge < -0.3 is 10.1 Å². The third kappa shape index (κ3) is 3.35. The third-order valence-electron chi connectivity index (χ3n) is 4.49. The lowest BCUT2D eigenvalue weighted by Gasteiger charge is -2.37. The summed E-state index contributed by atoms with van der Waals surface area (Å²) in [6.45, 7) is 6.00. The summed E-state index contributed by atoms with van der Waals surface area (Å²) in [5, 5.41) is 3.88. The first-order chi connectivity index (χ1) is 12.4. The number of hydrogen-bond donors (Lipinski definition) is 1. The minimum absolute atomic E-state index is 0.335. The van der Waals surface area contributed by atoms with Crippen LogP contribution >= 0.6 is 12.2 Å². The molecular weight excluding hydrogens is 344 g/mol. The number of hydrogen-bond acceptors (Lipinski definition) is 3. The molecule has 0 radical (unpaired) electrons. The highest BCUT2D eigenvalue weighted by Crippen LogP contribution is 2.34. The number of methoxy groups -OCH3 is 1. The Labute approximate surface area is 159 Å². The molecule has 0 spiro atoms. The number of aryl methyl sites for hydroxylation is 2. The summed E-state index contributed by atoms with van der Waals surface area (Å²) < 4.78 is 5.07. The average Bonchev–Trinajstić information content (AvgIpc) is 2.60. The van der Waals surface area contributed by atoms with Crippen LogP contribution in [0, 0.1) is 13.8 Å². The fraction of sp³-hybridized carbons (Fsp3) is 0.238. The number of ether oxygens (including phenoxy) is 1. The van der Waals surface area contributed by atoms with E-state index in [1.54, 1.807) is 0 Å². The molecule has 26 heavy (non-hydrogen) atoms. The standard InChI is InChI=1S/C21H22N2O2S/c1-13-10-14(2)12-17(11-13)23-15(3)18(20(24)25-4)19(22-21(23)26)16-8-6-5-7-9-16/h5-12,19H,1-4H3,(H,22,26). The van der Waals surface area contributed by atoms with Gasteiger partial charge in [0.2, 0.25) is 0 Å². The Balaban J connectivity index is 2.16. The molecule has 1 atom stereocenters. The minimum atomic E-state index is -0.360. The summed E-state index contributed by atoms with van der Waals surface area (Å²) >= 11 is 5.65. The molecule has 0 aromatic heterocycles. The quantitative estimate of drug-likeness (QED) is 0.652. The molecule has 5 heteroatoms. The molecule has 0 saturated heterocycles. The molecule has 1 unspecified atom stereocenters. The predicted molar refractivity (Wildman–Crippen MR) is 108 cm³/mol. The van der Waals surface area contributed by atoms with Crippen molar-refractivity contribution >= 4 is 29.0 Å². The number of carbonyl (C=O) groups excluding carboxylic acids is 1. The van der Waals surface area contributed by atoms with Crippen LogP contribution in [0.5, 0.6) is 0 Å². The van der Waals surface area contributed by atoms with Gasteiger partial charge in [0.1, 0.15) is 0 Å². The predicted octanol–water partition coefficient (Wildman–Crippen LogP) is 4.19. The van der Waals surface area contributed by atoms with Gasteiger partial charge in [0, 0.05) is 11.4 Å². The lowest BCUT2D eigenvalue weighted by atomic mass is 9.94. The average molecular weight is 366 g/mol. The van der Waals surface area contributed by atoms with Gasteiger partial charge in [-0.2, -0.15) is 0 Å². The van der Waals surface area contributed by atoms with Gasteiger partial charge in [-0.05, 0) is 61.8 Å². The number of anilines is 1. The highest BCUT2D eigenvalue weighted by atomic mass is 32.1. The summed E-state index contributed by atoms with van der Waals surface area (Å²) in [6.07, 6.45) is 0. The SMILES string of the molecule is COC(=O)C1=C(C)N(c2cc(C)cc(C)c2)C(=S)NC1c1ccccc1. The van der Waals surface area contributed by atoms with E-state index in [1.165, 1.54) is 7.11 Å². The van der Waals surface area contributed by atoms with E-state index in [4.69, 9.17) is 17.0 Å². The van der Waals surface area contributed by atoms with Crippen LogP contribution in [-0.4, -0.2) is 18.2 Å². The van der Waals surface area contributed by atoms with Gasteiger partial charge in [0.15, 0.2) is 5.11 Å². The zero-order chi connectivity index (χ0) is 18.8. The summed E-state index contributed by atoms with van der Waals surface area (Å²) in [6, 6.07) is 15.7. The van der Waals surface area contributed by atoms with Gasteiger partial charge in [0.25, 0.3) is 0 Å². The molecule has 1 heterocycles. The first kappa shape index (κ1) is 18.1. The highest BCUT2D eigenvalue weighted by Gasteiger charge is 2.35. The minimum Gasteiger partial charge on any atom is -0.466 e. The lowest BCUT2D eigenvalue weighted by Crippen LogP contribution is -2.48. The van der Waals surface area contributed by atoms with Crippen LogP contribution in [0.25, 0.3) is 0 Å². The number of nitrogens with one attached hydrogen (secondary N) is 1. The number of allylic oxidation sites excluding steroid dienone is 1. The fourth-order valence-corrected chi connectivity index (χ4v) is 3.76. The molecule has 1 N–H and O–H groups in total. The van der Waals surface area contributed by atoms with E-state index in [0.717, 1.165) is 28.1 Å². The van der Waals surface area contributed by atoms with Gasteiger partial charge in [-0.1, -0.05) is 36.4 Å². The summed E-state index contributed by atoms with van der Waals surface area (Å²) in [4.78, 5) is 14.5. The van der Waals surface area contributed by atoms with Gasteiger partial charge in [-0.25, -0.2) is 4.79 Å². The zero-order valence-electron chi connectivity index (χ0n) is 15.4. The summed E-state index contributed by atoms with van der Waals surface area (Å²) in [7, 11) is 1.40. The Kier molecular flexibility index (Phi) is 5.09. The molecule has 3 rings (SSSR count). The number of esters is 1. The van der Waals surface area contributed by atoms with Crippen molar-refractivity contribution in [3.8, 4) is 0 Å². The molecule has 1 aliphatic heterocycles. The second-order valence-electron chi connectivity index (χ2n) is 6.47. The molecule has 0 fully saturated rings. The lowest BCUT2D eigenvalue weighted by molar-refractivity contribution is -0.136. The molecule has 0 amide bonds. The molecule has 0 bridgehead atoms. The van der Waals surface area contributed by atoms with E-state index in [-0.39, 0.29) is 12.0 Å². The van der Waals surface area contributed by atoms with Crippen molar-refractivity contribution in [2.75, 3.05) is 12.0 Å². The van der Waals surface area contributed by atoms with Gasteiger partial charge >= 0.3 is 5.97 Å². The number of rotatable bonds is 3. The van der Waals surface area contributed by atoms with Gasteiger partial charge in [0.05, 0.1) is 18.7 Å². The Morgan fingerprint density at radius 2 is 1.69 bits per heavy atom. The van der Waals surface area contributed by atoms with Crippen LogP contribution in [0.4, 0.5) is 5.69 Å². The maximum Gasteiger partial charge on any atom is 0.337 e. The van der Waals surface area contributed by atoms with Crippen molar-refractivity contribution < 1.29 is 9.53 Å². The first-order valence-electron chi connectivity index (χ1n) is 8.45. The van der Waals surface area contributed by atoms with Crippen molar-refractivity contribution in [3.63, 3.8) is 0 Å². The molecule has 134 valence electrons. The molecule has 0 saturated carbocycles. The van der Waals surface area contributed by atoms with Crippen molar-refractivity contribution in [2.24, 2.45) is 0 Å². The Bertz CT molecular complexity index is 870. The second kappa shape index (κ2) is 7.30. The zero-order valence-corrected chi connectivity index (χ0v) is 16.2. The van der Waals surface area contributed by atoms with Crippen LogP contribution in [0.2, 0.25) is 0 Å². The molecule has 0 aliphatic carbocycles. The summed E-state index contributed by atoms with van der Waals surface area (Å²) in [5.41, 5.74) is 5.52. The van der Waals surface area contributed by atoms with Crippen LogP contribution in [-0.2, 0) is 9.53 Å². The van der Waals surface area contributed by atoms with Crippen molar-refractivity contribution in [2.45, 2.75) is 26.8 Å². The topological polar surface area (TPSA) is 41.6 Å². The Hall–Kier alpha value is -2.66. The van der Waals surface area contributed by atoms with Crippen LogP contribution in [0.15, 0.2) is 59.8 Å². The molecule has 2 aromatic rings. The second-order valence-corrected chi connectivity index (χ2v) is 6.85. The van der Waals surface area contributed by atoms with Gasteiger partial charge in [-0.3, -0.25) is 4.90 Å². The van der Waals surface area contributed by atoms with E-state index < -0.39 is 0 Å². The number of thiocarbonyl (C=S) groups is 1. The summed E-state index contributed by atoms with van der Waals surface area (Å²) in [5.74, 6) is -0.360. The Morgan fingerprint density at radius 3 is 2.27 bits per heavy atom. The van der Waals surface area contributed by atoms with Crippen molar-refractivity contribution in [1.82, 2.24) is 5.32 Å². The largest absolute Gasteiger partial charge is 0.466 e. The van der Waals surface area contributed by atoms with Crippen LogP contribution < -0.4 is 10.2 Å². The first-order valence-corrected chi connectivity index (χ1v) is 8.86. The number of nitrogens with zero attached hydrogens (tertiary/aromatic N) is 1. The van der Waals surface area contributed by atoms with Crippen LogP contribution in [0.3, 0.4) is 0 Å². The monoisotopic (exact) mass is 366 g/mol. The van der Waals surface area contributed by atoms with Crippen molar-refractivity contribution in [3.05, 3.63) is 76.5 Å². The van der Waals surface area contributed by atoms with E-state index in [1.807, 2.05) is 56.0 Å². The van der Waals surface area contributed by atoms with E-state index >= 15 is 0 Å². The maximum absolute atomic E-state index is 12.6. The van der Waals surface area contributed by atoms with Crippen LogP contribution in [0.1, 0.15) is 29.7 Å². The number of benzene rings is 2. The van der Waals surface area contributed by atoms with E-state index in [0.29, 0.717) is 10.7 Å². The highest BCUT2D eigenvalue weighted by molar-refractivity contribution is 7.80. The van der Waals surface area contributed by atoms with E-state index in [9.17, 15) is 4.79 Å². The maximum atomic E-state index is 12.6. The Morgan fingerprint density at radius 1 is 1.08 bits per heavy atom. The molecule has 2 aromatic carbocycles.